The summed E-state index contributed by atoms with van der Waals surface area (Å²) in [6, 6.07) is 11.1. The van der Waals surface area contributed by atoms with E-state index in [1.165, 1.54) is 30.2 Å². The summed E-state index contributed by atoms with van der Waals surface area (Å²) >= 11 is 0. The first-order chi connectivity index (χ1) is 10.3. The fraction of sp³-hybridized carbons (Fsp3) is 0.500. The van der Waals surface area contributed by atoms with E-state index in [4.69, 9.17) is 4.74 Å². The molecule has 1 aliphatic carbocycles. The van der Waals surface area contributed by atoms with E-state index in [1.54, 1.807) is 0 Å². The predicted octanol–water partition coefficient (Wildman–Crippen LogP) is 3.70. The van der Waals surface area contributed by atoms with E-state index in [0.717, 1.165) is 18.0 Å². The molecule has 0 saturated heterocycles. The van der Waals surface area contributed by atoms with Crippen LogP contribution in [0.25, 0.3) is 10.9 Å². The number of pyridine rings is 1. The predicted molar refractivity (Wildman–Crippen MR) is 86.3 cm³/mol. The molecule has 1 saturated carbocycles. The molecule has 1 atom stereocenters. The summed E-state index contributed by atoms with van der Waals surface area (Å²) in [5.41, 5.74) is 2.42. The van der Waals surface area contributed by atoms with Gasteiger partial charge in [-0.3, -0.25) is 4.98 Å². The molecule has 1 N–H and O–H groups in total. The highest BCUT2D eigenvalue weighted by molar-refractivity contribution is 5.78. The first-order valence-corrected chi connectivity index (χ1v) is 7.93. The van der Waals surface area contributed by atoms with Gasteiger partial charge in [0.05, 0.1) is 11.6 Å². The molecule has 0 radical (unpaired) electrons. The van der Waals surface area contributed by atoms with Crippen molar-refractivity contribution in [3.05, 3.63) is 42.1 Å². The number of nitrogens with one attached hydrogen (secondary N) is 1. The van der Waals surface area contributed by atoms with Crippen LogP contribution in [0.3, 0.4) is 0 Å². The molecule has 3 rings (SSSR count). The number of hydrogen-bond acceptors (Lipinski definition) is 3. The minimum atomic E-state index is 0.406. The van der Waals surface area contributed by atoms with Crippen LogP contribution in [0.2, 0.25) is 0 Å². The summed E-state index contributed by atoms with van der Waals surface area (Å²) in [5.74, 6) is 0.776. The van der Waals surface area contributed by atoms with E-state index >= 15 is 0 Å². The number of benzene rings is 1. The van der Waals surface area contributed by atoms with E-state index in [1.807, 2.05) is 19.3 Å². The summed E-state index contributed by atoms with van der Waals surface area (Å²) < 4.78 is 5.66. The highest BCUT2D eigenvalue weighted by atomic mass is 16.5. The minimum Gasteiger partial charge on any atom is -0.378 e. The van der Waals surface area contributed by atoms with Crippen molar-refractivity contribution in [1.82, 2.24) is 10.3 Å². The summed E-state index contributed by atoms with van der Waals surface area (Å²) in [6.45, 7) is 2.91. The molecule has 112 valence electrons. The molecule has 1 unspecified atom stereocenters. The summed E-state index contributed by atoms with van der Waals surface area (Å²) in [4.78, 5) is 4.46. The molecule has 3 heteroatoms. The van der Waals surface area contributed by atoms with Gasteiger partial charge in [-0.05, 0) is 56.8 Å². The lowest BCUT2D eigenvalue weighted by atomic mass is 9.77. The molecule has 1 fully saturated rings. The molecule has 3 nitrogen and oxygen atoms in total. The highest BCUT2D eigenvalue weighted by Gasteiger charge is 2.31. The standard InChI is InChI=1S/C18H24N2O/c1-3-21-16-9-13(10-16)11-17(19-2)15-7-6-14-5-4-8-20-18(14)12-15/h4-8,12-13,16-17,19H,3,9-11H2,1-2H3. The Balaban J connectivity index is 1.67. The third-order valence-electron chi connectivity index (χ3n) is 4.54. The molecular weight excluding hydrogens is 260 g/mol. The normalized spacial score (nSPS) is 23.0. The number of rotatable bonds is 6. The van der Waals surface area contributed by atoms with E-state index in [-0.39, 0.29) is 0 Å². The van der Waals surface area contributed by atoms with Crippen molar-refractivity contribution in [2.24, 2.45) is 5.92 Å². The summed E-state index contributed by atoms with van der Waals surface area (Å²) in [7, 11) is 2.05. The second-order valence-electron chi connectivity index (χ2n) is 5.95. The first-order valence-electron chi connectivity index (χ1n) is 7.93. The molecule has 0 spiro atoms. The van der Waals surface area contributed by atoms with Gasteiger partial charge in [-0.1, -0.05) is 18.2 Å². The van der Waals surface area contributed by atoms with Crippen LogP contribution in [0.15, 0.2) is 36.5 Å². The van der Waals surface area contributed by atoms with Gasteiger partial charge in [0, 0.05) is 24.2 Å². The van der Waals surface area contributed by atoms with Gasteiger partial charge in [0.1, 0.15) is 0 Å². The minimum absolute atomic E-state index is 0.406. The lowest BCUT2D eigenvalue weighted by Gasteiger charge is -2.37. The van der Waals surface area contributed by atoms with E-state index in [0.29, 0.717) is 12.1 Å². The number of nitrogens with zero attached hydrogens (tertiary/aromatic N) is 1. The smallest absolute Gasteiger partial charge is 0.0705 e. The van der Waals surface area contributed by atoms with Crippen molar-refractivity contribution in [3.8, 4) is 0 Å². The average molecular weight is 284 g/mol. The highest BCUT2D eigenvalue weighted by Crippen LogP contribution is 2.37. The fourth-order valence-corrected chi connectivity index (χ4v) is 3.29. The lowest BCUT2D eigenvalue weighted by molar-refractivity contribution is -0.0289. The monoisotopic (exact) mass is 284 g/mol. The Kier molecular flexibility index (Phi) is 4.51. The number of ether oxygens (including phenoxy) is 1. The molecule has 0 amide bonds. The SMILES string of the molecule is CCOC1CC(CC(NC)c2ccc3cccnc3c2)C1. The zero-order valence-electron chi connectivity index (χ0n) is 12.9. The van der Waals surface area contributed by atoms with Gasteiger partial charge in [-0.25, -0.2) is 0 Å². The van der Waals surface area contributed by atoms with Crippen molar-refractivity contribution < 1.29 is 4.74 Å². The molecule has 1 heterocycles. The van der Waals surface area contributed by atoms with Crippen LogP contribution in [-0.2, 0) is 4.74 Å². The summed E-state index contributed by atoms with van der Waals surface area (Å²) in [6.07, 6.45) is 5.95. The zero-order chi connectivity index (χ0) is 14.7. The maximum absolute atomic E-state index is 5.66. The van der Waals surface area contributed by atoms with E-state index < -0.39 is 0 Å². The molecular formula is C18H24N2O. The third kappa shape index (κ3) is 3.25. The van der Waals surface area contributed by atoms with Crippen LogP contribution in [0.5, 0.6) is 0 Å². The third-order valence-corrected chi connectivity index (χ3v) is 4.54. The first kappa shape index (κ1) is 14.5. The fourth-order valence-electron chi connectivity index (χ4n) is 3.29. The quantitative estimate of drug-likeness (QED) is 0.878. The van der Waals surface area contributed by atoms with Crippen molar-refractivity contribution in [1.29, 1.82) is 0 Å². The molecule has 0 aliphatic heterocycles. The molecule has 21 heavy (non-hydrogen) atoms. The van der Waals surface area contributed by atoms with Gasteiger partial charge in [-0.2, -0.15) is 0 Å². The average Bonchev–Trinajstić information content (AvgIpc) is 2.49. The number of aromatic nitrogens is 1. The number of hydrogen-bond donors (Lipinski definition) is 1. The van der Waals surface area contributed by atoms with Crippen LogP contribution >= 0.6 is 0 Å². The Labute approximate surface area is 126 Å². The van der Waals surface area contributed by atoms with Gasteiger partial charge < -0.3 is 10.1 Å². The second-order valence-corrected chi connectivity index (χ2v) is 5.95. The lowest BCUT2D eigenvalue weighted by Crippen LogP contribution is -2.34. The Morgan fingerprint density at radius 3 is 2.95 bits per heavy atom. The Morgan fingerprint density at radius 1 is 1.33 bits per heavy atom. The van der Waals surface area contributed by atoms with Crippen molar-refractivity contribution >= 4 is 10.9 Å². The van der Waals surface area contributed by atoms with Crippen LogP contribution in [-0.4, -0.2) is 24.7 Å². The summed E-state index contributed by atoms with van der Waals surface area (Å²) in [5, 5.41) is 4.67. The van der Waals surface area contributed by atoms with Gasteiger partial charge in [-0.15, -0.1) is 0 Å². The zero-order valence-corrected chi connectivity index (χ0v) is 12.9. The topological polar surface area (TPSA) is 34.1 Å². The maximum atomic E-state index is 5.66. The molecule has 1 aliphatic rings. The second kappa shape index (κ2) is 6.54. The van der Waals surface area contributed by atoms with Crippen LogP contribution in [0.4, 0.5) is 0 Å². The Hall–Kier alpha value is -1.45. The van der Waals surface area contributed by atoms with Gasteiger partial charge >= 0.3 is 0 Å². The van der Waals surface area contributed by atoms with Gasteiger partial charge in [0.2, 0.25) is 0 Å². The van der Waals surface area contributed by atoms with Gasteiger partial charge in [0.25, 0.3) is 0 Å². The van der Waals surface area contributed by atoms with E-state index in [2.05, 4.69) is 41.5 Å². The van der Waals surface area contributed by atoms with Crippen LogP contribution in [0.1, 0.15) is 37.8 Å². The number of fused-ring (bicyclic) bond motifs is 1. The van der Waals surface area contributed by atoms with Crippen molar-refractivity contribution in [2.45, 2.75) is 38.3 Å². The van der Waals surface area contributed by atoms with E-state index in [9.17, 15) is 0 Å². The van der Waals surface area contributed by atoms with Crippen molar-refractivity contribution in [2.75, 3.05) is 13.7 Å². The molecule has 0 bridgehead atoms. The van der Waals surface area contributed by atoms with Crippen LogP contribution in [0, 0.1) is 5.92 Å². The van der Waals surface area contributed by atoms with Crippen LogP contribution < -0.4 is 5.32 Å². The Bertz CT molecular complexity index is 593. The van der Waals surface area contributed by atoms with Crippen molar-refractivity contribution in [3.63, 3.8) is 0 Å². The maximum Gasteiger partial charge on any atom is 0.0705 e. The Morgan fingerprint density at radius 2 is 2.19 bits per heavy atom. The largest absolute Gasteiger partial charge is 0.378 e. The van der Waals surface area contributed by atoms with Gasteiger partial charge in [0.15, 0.2) is 0 Å². The molecule has 2 aromatic rings. The molecule has 1 aromatic heterocycles. The molecule has 1 aromatic carbocycles.